The van der Waals surface area contributed by atoms with Crippen LogP contribution < -0.4 is 10.6 Å². The van der Waals surface area contributed by atoms with Gasteiger partial charge in [0.05, 0.1) is 0 Å². The van der Waals surface area contributed by atoms with Gasteiger partial charge in [-0.15, -0.1) is 11.8 Å². The first kappa shape index (κ1) is 20.3. The second kappa shape index (κ2) is 10.2. The quantitative estimate of drug-likeness (QED) is 0.567. The van der Waals surface area contributed by atoms with E-state index in [9.17, 15) is 14.4 Å². The van der Waals surface area contributed by atoms with Crippen molar-refractivity contribution in [1.82, 2.24) is 10.6 Å². The number of amides is 3. The molecule has 2 N–H and O–H groups in total. The average Bonchev–Trinajstić information content (AvgIpc) is 2.54. The lowest BCUT2D eigenvalue weighted by atomic mass is 10.3. The molecule has 0 saturated carbocycles. The fourth-order valence-corrected chi connectivity index (χ4v) is 2.54. The number of nitrogens with one attached hydrogen (secondary N) is 2. The van der Waals surface area contributed by atoms with Crippen molar-refractivity contribution in [3.8, 4) is 0 Å². The van der Waals surface area contributed by atoms with Gasteiger partial charge in [0.25, 0.3) is 5.91 Å². The van der Waals surface area contributed by atoms with E-state index < -0.39 is 29.8 Å². The maximum absolute atomic E-state index is 11.9. The second-order valence-corrected chi connectivity index (χ2v) is 7.00. The minimum absolute atomic E-state index is 0.0452. The molecule has 0 aliphatic carbocycles. The van der Waals surface area contributed by atoms with Gasteiger partial charge in [-0.2, -0.15) is 0 Å². The summed E-state index contributed by atoms with van der Waals surface area (Å²) in [6.45, 7) is 4.90. The maximum atomic E-state index is 11.9. The van der Waals surface area contributed by atoms with Crippen LogP contribution in [0.15, 0.2) is 29.2 Å². The van der Waals surface area contributed by atoms with Crippen LogP contribution in [0.25, 0.3) is 0 Å². The molecule has 0 spiro atoms. The fraction of sp³-hybridized carbons (Fsp3) is 0.438. The van der Waals surface area contributed by atoms with E-state index in [1.54, 1.807) is 31.2 Å². The van der Waals surface area contributed by atoms with Gasteiger partial charge in [-0.1, -0.05) is 18.5 Å². The number of imide groups is 1. The number of rotatable bonds is 7. The summed E-state index contributed by atoms with van der Waals surface area (Å²) in [7, 11) is 0. The summed E-state index contributed by atoms with van der Waals surface area (Å²) in [4.78, 5) is 35.8. The SMILES string of the molecule is CC[C@H](C)NC(=O)NC(=O)COC(=O)[C@H](C)Sc1ccc(Cl)cc1. The maximum Gasteiger partial charge on any atom is 0.321 e. The molecule has 132 valence electrons. The Bertz CT molecular complexity index is 580. The highest BCUT2D eigenvalue weighted by atomic mass is 35.5. The summed E-state index contributed by atoms with van der Waals surface area (Å²) >= 11 is 7.09. The van der Waals surface area contributed by atoms with Crippen LogP contribution in [-0.2, 0) is 14.3 Å². The van der Waals surface area contributed by atoms with Crippen molar-refractivity contribution in [2.24, 2.45) is 0 Å². The molecular formula is C16H21ClN2O4S. The third kappa shape index (κ3) is 7.70. The number of thioether (sulfide) groups is 1. The van der Waals surface area contributed by atoms with Gasteiger partial charge in [0.2, 0.25) is 0 Å². The predicted octanol–water partition coefficient (Wildman–Crippen LogP) is 2.99. The standard InChI is InChI=1S/C16H21ClN2O4S/c1-4-10(2)18-16(22)19-14(20)9-23-15(21)11(3)24-13-7-5-12(17)6-8-13/h5-8,10-11H,4,9H2,1-3H3,(H2,18,19,20,22)/t10-,11-/m0/s1. The molecule has 3 amide bonds. The zero-order valence-corrected chi connectivity index (χ0v) is 15.4. The number of esters is 1. The van der Waals surface area contributed by atoms with Crippen molar-refractivity contribution < 1.29 is 19.1 Å². The first-order chi connectivity index (χ1) is 11.3. The molecule has 1 aromatic rings. The molecular weight excluding hydrogens is 352 g/mol. The molecule has 8 heteroatoms. The first-order valence-corrected chi connectivity index (χ1v) is 8.76. The zero-order valence-electron chi connectivity index (χ0n) is 13.8. The lowest BCUT2D eigenvalue weighted by Gasteiger charge is -2.13. The van der Waals surface area contributed by atoms with Gasteiger partial charge in [-0.25, -0.2) is 4.79 Å². The molecule has 0 radical (unpaired) electrons. The number of carbonyl (C=O) groups excluding carboxylic acids is 3. The van der Waals surface area contributed by atoms with Gasteiger partial charge >= 0.3 is 12.0 Å². The van der Waals surface area contributed by atoms with Crippen molar-refractivity contribution in [1.29, 1.82) is 0 Å². The van der Waals surface area contributed by atoms with Gasteiger partial charge < -0.3 is 10.1 Å². The molecule has 6 nitrogen and oxygen atoms in total. The van der Waals surface area contributed by atoms with Crippen LogP contribution >= 0.6 is 23.4 Å². The molecule has 0 aliphatic rings. The molecule has 1 rings (SSSR count). The van der Waals surface area contributed by atoms with Gasteiger partial charge in [0.1, 0.15) is 5.25 Å². The number of hydrogen-bond donors (Lipinski definition) is 2. The second-order valence-electron chi connectivity index (χ2n) is 5.15. The molecule has 24 heavy (non-hydrogen) atoms. The Kier molecular flexibility index (Phi) is 8.63. The Hall–Kier alpha value is -1.73. The van der Waals surface area contributed by atoms with Crippen LogP contribution in [-0.4, -0.2) is 35.8 Å². The number of urea groups is 1. The van der Waals surface area contributed by atoms with E-state index in [0.717, 1.165) is 11.3 Å². The number of hydrogen-bond acceptors (Lipinski definition) is 5. The number of ether oxygens (including phenoxy) is 1. The summed E-state index contributed by atoms with van der Waals surface area (Å²) < 4.78 is 4.92. The van der Waals surface area contributed by atoms with Gasteiger partial charge in [-0.05, 0) is 44.5 Å². The lowest BCUT2D eigenvalue weighted by molar-refractivity contribution is -0.147. The minimum atomic E-state index is -0.673. The monoisotopic (exact) mass is 372 g/mol. The smallest absolute Gasteiger partial charge is 0.321 e. The Balaban J connectivity index is 2.35. The third-order valence-corrected chi connectivity index (χ3v) is 4.39. The molecule has 2 atom stereocenters. The van der Waals surface area contributed by atoms with E-state index >= 15 is 0 Å². The van der Waals surface area contributed by atoms with Gasteiger partial charge in [-0.3, -0.25) is 14.9 Å². The van der Waals surface area contributed by atoms with Crippen molar-refractivity contribution in [3.63, 3.8) is 0 Å². The van der Waals surface area contributed by atoms with Crippen molar-refractivity contribution in [2.75, 3.05) is 6.61 Å². The van der Waals surface area contributed by atoms with Gasteiger partial charge in [0, 0.05) is 16.0 Å². The molecule has 0 saturated heterocycles. The molecule has 0 heterocycles. The van der Waals surface area contributed by atoms with E-state index in [2.05, 4.69) is 10.6 Å². The number of halogens is 1. The highest BCUT2D eigenvalue weighted by Gasteiger charge is 2.18. The highest BCUT2D eigenvalue weighted by Crippen LogP contribution is 2.25. The first-order valence-electron chi connectivity index (χ1n) is 7.51. The Morgan fingerprint density at radius 3 is 2.42 bits per heavy atom. The Labute approximate surface area is 150 Å². The Morgan fingerprint density at radius 1 is 1.21 bits per heavy atom. The molecule has 0 aliphatic heterocycles. The van der Waals surface area contributed by atoms with Crippen LogP contribution in [0, 0.1) is 0 Å². The largest absolute Gasteiger partial charge is 0.455 e. The predicted molar refractivity (Wildman–Crippen MR) is 94.2 cm³/mol. The van der Waals surface area contributed by atoms with Crippen LogP contribution in [0.4, 0.5) is 4.79 Å². The van der Waals surface area contributed by atoms with E-state index in [4.69, 9.17) is 16.3 Å². The fourth-order valence-electron chi connectivity index (χ4n) is 1.54. The zero-order chi connectivity index (χ0) is 18.1. The number of carbonyl (C=O) groups is 3. The highest BCUT2D eigenvalue weighted by molar-refractivity contribution is 8.00. The summed E-state index contributed by atoms with van der Waals surface area (Å²) in [5, 5.41) is 4.81. The number of benzene rings is 1. The van der Waals surface area contributed by atoms with Crippen LogP contribution in [0.1, 0.15) is 27.2 Å². The average molecular weight is 373 g/mol. The summed E-state index contributed by atoms with van der Waals surface area (Å²) in [5.41, 5.74) is 0. The summed E-state index contributed by atoms with van der Waals surface area (Å²) in [6, 6.07) is 6.40. The molecule has 0 unspecified atom stereocenters. The molecule has 0 fully saturated rings. The molecule has 0 bridgehead atoms. The minimum Gasteiger partial charge on any atom is -0.455 e. The van der Waals surface area contributed by atoms with E-state index in [0.29, 0.717) is 5.02 Å². The van der Waals surface area contributed by atoms with E-state index in [1.807, 2.05) is 13.8 Å². The van der Waals surface area contributed by atoms with E-state index in [1.165, 1.54) is 11.8 Å². The van der Waals surface area contributed by atoms with Gasteiger partial charge in [0.15, 0.2) is 6.61 Å². The lowest BCUT2D eigenvalue weighted by Crippen LogP contribution is -2.44. The topological polar surface area (TPSA) is 84.5 Å². The van der Waals surface area contributed by atoms with Crippen molar-refractivity contribution >= 4 is 41.3 Å². The van der Waals surface area contributed by atoms with Crippen LogP contribution in [0.3, 0.4) is 0 Å². The molecule has 1 aromatic carbocycles. The summed E-state index contributed by atoms with van der Waals surface area (Å²) in [5.74, 6) is -1.21. The Morgan fingerprint density at radius 2 is 1.83 bits per heavy atom. The van der Waals surface area contributed by atoms with Crippen molar-refractivity contribution in [2.45, 2.75) is 43.4 Å². The van der Waals surface area contributed by atoms with Crippen LogP contribution in [0.2, 0.25) is 5.02 Å². The molecule has 0 aromatic heterocycles. The summed E-state index contributed by atoms with van der Waals surface area (Å²) in [6.07, 6.45) is 0.746. The van der Waals surface area contributed by atoms with Crippen LogP contribution in [0.5, 0.6) is 0 Å². The van der Waals surface area contributed by atoms with E-state index in [-0.39, 0.29) is 6.04 Å². The van der Waals surface area contributed by atoms with Crippen molar-refractivity contribution in [3.05, 3.63) is 29.3 Å². The third-order valence-electron chi connectivity index (χ3n) is 3.05. The normalized spacial score (nSPS) is 12.8.